The fourth-order valence-electron chi connectivity index (χ4n) is 1.54. The lowest BCUT2D eigenvalue weighted by molar-refractivity contribution is -0.177. The van der Waals surface area contributed by atoms with E-state index in [1.807, 2.05) is 0 Å². The second-order valence-electron chi connectivity index (χ2n) is 5.06. The van der Waals surface area contributed by atoms with Crippen molar-refractivity contribution in [1.82, 2.24) is 5.06 Å². The Labute approximate surface area is 115 Å². The van der Waals surface area contributed by atoms with Crippen molar-refractivity contribution in [3.63, 3.8) is 0 Å². The van der Waals surface area contributed by atoms with Gasteiger partial charge >= 0.3 is 12.1 Å². The maximum atomic E-state index is 11.2. The number of hydrogen-bond donors (Lipinski definition) is 1. The molecule has 0 aliphatic carbocycles. The molecule has 20 heavy (non-hydrogen) atoms. The largest absolute Gasteiger partial charge is 0.533 e. The molecular formula is C12H17NO7. The van der Waals surface area contributed by atoms with E-state index in [1.165, 1.54) is 0 Å². The minimum absolute atomic E-state index is 0.0128. The van der Waals surface area contributed by atoms with Gasteiger partial charge in [0.05, 0.1) is 12.0 Å². The van der Waals surface area contributed by atoms with Crippen LogP contribution in [0.1, 0.15) is 39.5 Å². The van der Waals surface area contributed by atoms with Gasteiger partial charge in [-0.2, -0.15) is 0 Å². The molecule has 1 aliphatic heterocycles. The summed E-state index contributed by atoms with van der Waals surface area (Å²) in [6.07, 6.45) is -0.479. The first-order valence-corrected chi connectivity index (χ1v) is 6.18. The van der Waals surface area contributed by atoms with Crippen LogP contribution in [0.15, 0.2) is 0 Å². The fraction of sp³-hybridized carbons (Fsp3) is 0.667. The molecule has 0 atom stereocenters. The Morgan fingerprint density at radius 2 is 1.80 bits per heavy atom. The van der Waals surface area contributed by atoms with Crippen molar-refractivity contribution in [2.75, 3.05) is 6.61 Å². The van der Waals surface area contributed by atoms with Crippen LogP contribution in [0, 0.1) is 5.41 Å². The quantitative estimate of drug-likeness (QED) is 0.442. The summed E-state index contributed by atoms with van der Waals surface area (Å²) in [5.74, 6) is -2.11. The summed E-state index contributed by atoms with van der Waals surface area (Å²) in [4.78, 5) is 48.9. The van der Waals surface area contributed by atoms with E-state index in [1.54, 1.807) is 13.8 Å². The van der Waals surface area contributed by atoms with E-state index < -0.39 is 29.4 Å². The molecule has 0 aromatic heterocycles. The second kappa shape index (κ2) is 6.36. The van der Waals surface area contributed by atoms with Gasteiger partial charge < -0.3 is 9.84 Å². The summed E-state index contributed by atoms with van der Waals surface area (Å²) in [7, 11) is 0. The lowest BCUT2D eigenvalue weighted by Crippen LogP contribution is -2.32. The summed E-state index contributed by atoms with van der Waals surface area (Å²) in [5, 5.41) is 9.28. The maximum Gasteiger partial charge on any atom is 0.533 e. The summed E-state index contributed by atoms with van der Waals surface area (Å²) in [6.45, 7) is 3.08. The number of carbonyl (C=O) groups excluding carboxylic acids is 3. The highest BCUT2D eigenvalue weighted by atomic mass is 16.8. The third kappa shape index (κ3) is 4.22. The van der Waals surface area contributed by atoms with Gasteiger partial charge in [-0.3, -0.25) is 19.2 Å². The first-order chi connectivity index (χ1) is 9.24. The van der Waals surface area contributed by atoms with Crippen LogP contribution < -0.4 is 0 Å². The van der Waals surface area contributed by atoms with E-state index in [0.717, 1.165) is 0 Å². The van der Waals surface area contributed by atoms with Crippen molar-refractivity contribution in [3.05, 3.63) is 0 Å². The molecule has 0 saturated carbocycles. The highest BCUT2D eigenvalue weighted by Gasteiger charge is 2.33. The Balaban J connectivity index is 2.26. The molecule has 1 heterocycles. The van der Waals surface area contributed by atoms with Gasteiger partial charge in [-0.1, -0.05) is 5.06 Å². The summed E-state index contributed by atoms with van der Waals surface area (Å²) >= 11 is 0. The third-order valence-corrected chi connectivity index (χ3v) is 2.92. The number of carbonyl (C=O) groups is 4. The van der Waals surface area contributed by atoms with Crippen LogP contribution in [0.4, 0.5) is 4.79 Å². The molecule has 1 fully saturated rings. The first kappa shape index (κ1) is 15.9. The van der Waals surface area contributed by atoms with Gasteiger partial charge in [0.1, 0.15) is 0 Å². The lowest BCUT2D eigenvalue weighted by atomic mass is 9.88. The minimum atomic E-state index is -1.15. The van der Waals surface area contributed by atoms with Gasteiger partial charge in [-0.25, -0.2) is 4.79 Å². The number of ether oxygens (including phenoxy) is 1. The van der Waals surface area contributed by atoms with Gasteiger partial charge in [-0.15, -0.1) is 0 Å². The zero-order chi connectivity index (χ0) is 15.3. The van der Waals surface area contributed by atoms with E-state index in [0.29, 0.717) is 17.9 Å². The normalized spacial score (nSPS) is 15.4. The molecule has 112 valence electrons. The molecule has 0 aromatic carbocycles. The molecule has 8 nitrogen and oxygen atoms in total. The molecule has 0 spiro atoms. The Morgan fingerprint density at radius 3 is 2.30 bits per heavy atom. The van der Waals surface area contributed by atoms with Crippen LogP contribution in [0.3, 0.4) is 0 Å². The molecule has 8 heteroatoms. The number of imide groups is 1. The monoisotopic (exact) mass is 287 g/mol. The smallest absolute Gasteiger partial charge is 0.481 e. The molecule has 0 radical (unpaired) electrons. The van der Waals surface area contributed by atoms with E-state index >= 15 is 0 Å². The van der Waals surface area contributed by atoms with Gasteiger partial charge in [-0.05, 0) is 26.7 Å². The van der Waals surface area contributed by atoms with Crippen LogP contribution in [-0.2, 0) is 24.0 Å². The fourth-order valence-corrected chi connectivity index (χ4v) is 1.54. The van der Waals surface area contributed by atoms with Gasteiger partial charge in [0.25, 0.3) is 11.8 Å². The Bertz CT molecular complexity index is 414. The first-order valence-electron chi connectivity index (χ1n) is 6.18. The topological polar surface area (TPSA) is 110 Å². The maximum absolute atomic E-state index is 11.2. The van der Waals surface area contributed by atoms with E-state index in [4.69, 9.17) is 5.11 Å². The third-order valence-electron chi connectivity index (χ3n) is 2.92. The van der Waals surface area contributed by atoms with E-state index in [9.17, 15) is 19.2 Å². The van der Waals surface area contributed by atoms with E-state index in [2.05, 4.69) is 9.57 Å². The summed E-state index contributed by atoms with van der Waals surface area (Å²) < 4.78 is 4.68. The van der Waals surface area contributed by atoms with Gasteiger partial charge in [0.15, 0.2) is 0 Å². The predicted octanol–water partition coefficient (Wildman–Crippen LogP) is 1.09. The number of nitrogens with zero attached hydrogens (tertiary/aromatic N) is 1. The molecule has 0 bridgehead atoms. The molecule has 0 aromatic rings. The van der Waals surface area contributed by atoms with Crippen molar-refractivity contribution < 1.29 is 33.9 Å². The SMILES string of the molecule is CC(C)(CCCOC(=O)ON1C(=O)CCC1=O)C(=O)O. The molecule has 1 N–H and O–H groups in total. The van der Waals surface area contributed by atoms with Crippen LogP contribution in [0.25, 0.3) is 0 Å². The molecule has 1 saturated heterocycles. The predicted molar refractivity (Wildman–Crippen MR) is 64.2 cm³/mol. The zero-order valence-electron chi connectivity index (χ0n) is 11.4. The number of aliphatic carboxylic acids is 1. The number of carboxylic acids is 1. The average molecular weight is 287 g/mol. The minimum Gasteiger partial charge on any atom is -0.481 e. The standard InChI is InChI=1S/C12H17NO7/c1-12(2,10(16)17)6-3-7-19-11(18)20-13-8(14)4-5-9(13)15/h3-7H2,1-2H3,(H,16,17). The number of amides is 2. The van der Waals surface area contributed by atoms with E-state index in [-0.39, 0.29) is 19.4 Å². The molecule has 2 amide bonds. The van der Waals surface area contributed by atoms with Crippen molar-refractivity contribution >= 4 is 23.9 Å². The summed E-state index contributed by atoms with van der Waals surface area (Å²) in [5.41, 5.74) is -0.909. The van der Waals surface area contributed by atoms with Crippen molar-refractivity contribution in [2.24, 2.45) is 5.41 Å². The molecule has 1 aliphatic rings. The van der Waals surface area contributed by atoms with Crippen LogP contribution in [0.5, 0.6) is 0 Å². The van der Waals surface area contributed by atoms with Gasteiger partial charge in [0.2, 0.25) is 0 Å². The van der Waals surface area contributed by atoms with Gasteiger partial charge in [0, 0.05) is 12.8 Å². The number of rotatable bonds is 6. The summed E-state index contributed by atoms with van der Waals surface area (Å²) in [6, 6.07) is 0. The Morgan fingerprint density at radius 1 is 1.25 bits per heavy atom. The second-order valence-corrected chi connectivity index (χ2v) is 5.06. The number of carboxylic acid groups (broad SMARTS) is 1. The van der Waals surface area contributed by atoms with Crippen molar-refractivity contribution in [2.45, 2.75) is 39.5 Å². The average Bonchev–Trinajstić information content (AvgIpc) is 2.66. The van der Waals surface area contributed by atoms with Crippen LogP contribution >= 0.6 is 0 Å². The highest BCUT2D eigenvalue weighted by molar-refractivity contribution is 6.01. The molecule has 1 rings (SSSR count). The van der Waals surface area contributed by atoms with Crippen LogP contribution in [0.2, 0.25) is 0 Å². The van der Waals surface area contributed by atoms with Crippen molar-refractivity contribution in [1.29, 1.82) is 0 Å². The lowest BCUT2D eigenvalue weighted by Gasteiger charge is -2.18. The number of hydrogen-bond acceptors (Lipinski definition) is 6. The number of hydroxylamine groups is 2. The Hall–Kier alpha value is -2.12. The highest BCUT2D eigenvalue weighted by Crippen LogP contribution is 2.22. The zero-order valence-corrected chi connectivity index (χ0v) is 11.4. The Kier molecular flexibility index (Phi) is 5.06. The molecule has 0 unspecified atom stereocenters. The van der Waals surface area contributed by atoms with Crippen LogP contribution in [-0.4, -0.2) is 40.7 Å². The van der Waals surface area contributed by atoms with Crippen molar-refractivity contribution in [3.8, 4) is 0 Å². The molecular weight excluding hydrogens is 270 g/mol.